The van der Waals surface area contributed by atoms with Crippen molar-refractivity contribution < 1.29 is 4.79 Å². The molecule has 0 aliphatic carbocycles. The van der Waals surface area contributed by atoms with E-state index in [2.05, 4.69) is 45.4 Å². The van der Waals surface area contributed by atoms with E-state index in [1.54, 1.807) is 0 Å². The number of rotatable bonds is 2. The lowest BCUT2D eigenvalue weighted by molar-refractivity contribution is -0.118. The minimum Gasteiger partial charge on any atom is -0.325 e. The zero-order valence-corrected chi connectivity index (χ0v) is 13.1. The van der Waals surface area contributed by atoms with Crippen LogP contribution in [0, 0.1) is 3.57 Å². The van der Waals surface area contributed by atoms with Crippen LogP contribution < -0.4 is 10.6 Å². The molecule has 1 amide bonds. The molecule has 0 radical (unpaired) electrons. The summed E-state index contributed by atoms with van der Waals surface area (Å²) in [6, 6.07) is 15.9. The molecule has 0 saturated heterocycles. The predicted octanol–water partition coefficient (Wildman–Crippen LogP) is 2.94. The molecule has 3 nitrogen and oxygen atoms in total. The van der Waals surface area contributed by atoms with Crippen LogP contribution in [0.3, 0.4) is 0 Å². The van der Waals surface area contributed by atoms with Gasteiger partial charge in [0, 0.05) is 15.8 Å². The Morgan fingerprint density at radius 1 is 1.15 bits per heavy atom. The topological polar surface area (TPSA) is 41.1 Å². The van der Waals surface area contributed by atoms with Gasteiger partial charge >= 0.3 is 0 Å². The molecule has 0 saturated carbocycles. The molecule has 1 atom stereocenters. The van der Waals surface area contributed by atoms with Crippen molar-refractivity contribution >= 4 is 34.2 Å². The van der Waals surface area contributed by atoms with Crippen LogP contribution in [0.15, 0.2) is 48.5 Å². The number of fused-ring (bicyclic) bond motifs is 1. The normalized spacial score (nSPS) is 17.4. The summed E-state index contributed by atoms with van der Waals surface area (Å²) in [6.07, 6.45) is 0.742. The minimum absolute atomic E-state index is 0.0292. The van der Waals surface area contributed by atoms with Crippen LogP contribution >= 0.6 is 22.6 Å². The second-order valence-corrected chi connectivity index (χ2v) is 6.15. The summed E-state index contributed by atoms with van der Waals surface area (Å²) < 4.78 is 1.11. The lowest BCUT2D eigenvalue weighted by Crippen LogP contribution is -2.44. The summed E-state index contributed by atoms with van der Waals surface area (Å²) in [4.78, 5) is 12.3. The van der Waals surface area contributed by atoms with E-state index < -0.39 is 0 Å². The molecule has 3 rings (SSSR count). The lowest BCUT2D eigenvalue weighted by atomic mass is 9.95. The van der Waals surface area contributed by atoms with Gasteiger partial charge in [0.2, 0.25) is 5.91 Å². The standard InChI is InChI=1S/C16H15IN2O/c17-13-6-3-7-14(9-13)19-16(20)15-8-11-4-1-2-5-12(11)10-18-15/h1-7,9,15,18H,8,10H2,(H,19,20)/t15-/m1/s1. The number of hydrogen-bond donors (Lipinski definition) is 2. The molecule has 102 valence electrons. The molecular formula is C16H15IN2O. The molecule has 20 heavy (non-hydrogen) atoms. The van der Waals surface area contributed by atoms with Crippen LogP contribution in [0.25, 0.3) is 0 Å². The van der Waals surface area contributed by atoms with Gasteiger partial charge in [0.1, 0.15) is 0 Å². The Balaban J connectivity index is 1.70. The molecule has 1 aliphatic heterocycles. The Hall–Kier alpha value is -1.40. The van der Waals surface area contributed by atoms with Gasteiger partial charge in [-0.3, -0.25) is 4.79 Å². The maximum absolute atomic E-state index is 12.3. The average Bonchev–Trinajstić information content (AvgIpc) is 2.47. The summed E-state index contributed by atoms with van der Waals surface area (Å²) in [5.74, 6) is 0.0292. The van der Waals surface area contributed by atoms with Gasteiger partial charge in [0.25, 0.3) is 0 Å². The molecule has 1 heterocycles. The molecular weight excluding hydrogens is 363 g/mol. The van der Waals surface area contributed by atoms with Crippen LogP contribution in [-0.4, -0.2) is 11.9 Å². The van der Waals surface area contributed by atoms with Gasteiger partial charge in [-0.05, 0) is 58.3 Å². The van der Waals surface area contributed by atoms with Crippen LogP contribution in [0.4, 0.5) is 5.69 Å². The van der Waals surface area contributed by atoms with E-state index in [0.29, 0.717) is 0 Å². The molecule has 0 spiro atoms. The van der Waals surface area contributed by atoms with E-state index >= 15 is 0 Å². The molecule has 4 heteroatoms. The molecule has 2 N–H and O–H groups in total. The van der Waals surface area contributed by atoms with E-state index in [9.17, 15) is 4.79 Å². The van der Waals surface area contributed by atoms with Gasteiger partial charge in [-0.25, -0.2) is 0 Å². The highest BCUT2D eigenvalue weighted by atomic mass is 127. The fourth-order valence-corrected chi connectivity index (χ4v) is 2.98. The van der Waals surface area contributed by atoms with Crippen molar-refractivity contribution in [3.05, 3.63) is 63.2 Å². The Bertz CT molecular complexity index is 642. The second-order valence-electron chi connectivity index (χ2n) is 4.91. The highest BCUT2D eigenvalue weighted by Crippen LogP contribution is 2.18. The molecule has 0 aromatic heterocycles. The lowest BCUT2D eigenvalue weighted by Gasteiger charge is -2.25. The largest absolute Gasteiger partial charge is 0.325 e. The Morgan fingerprint density at radius 2 is 1.95 bits per heavy atom. The zero-order chi connectivity index (χ0) is 13.9. The van der Waals surface area contributed by atoms with Crippen LogP contribution in [0.2, 0.25) is 0 Å². The highest BCUT2D eigenvalue weighted by Gasteiger charge is 2.23. The van der Waals surface area contributed by atoms with E-state index in [1.807, 2.05) is 36.4 Å². The quantitative estimate of drug-likeness (QED) is 0.790. The van der Waals surface area contributed by atoms with Gasteiger partial charge in [-0.1, -0.05) is 30.3 Å². The van der Waals surface area contributed by atoms with Crippen molar-refractivity contribution in [2.45, 2.75) is 19.0 Å². The monoisotopic (exact) mass is 378 g/mol. The van der Waals surface area contributed by atoms with Crippen molar-refractivity contribution in [3.63, 3.8) is 0 Å². The molecule has 0 fully saturated rings. The number of hydrogen-bond acceptors (Lipinski definition) is 2. The predicted molar refractivity (Wildman–Crippen MR) is 88.6 cm³/mol. The van der Waals surface area contributed by atoms with Crippen LogP contribution in [0.5, 0.6) is 0 Å². The summed E-state index contributed by atoms with van der Waals surface area (Å²) in [7, 11) is 0. The Labute approximate surface area is 131 Å². The first kappa shape index (κ1) is 13.6. The van der Waals surface area contributed by atoms with Gasteiger partial charge in [-0.2, -0.15) is 0 Å². The van der Waals surface area contributed by atoms with Crippen LogP contribution in [0.1, 0.15) is 11.1 Å². The second kappa shape index (κ2) is 5.93. The summed E-state index contributed by atoms with van der Waals surface area (Å²) in [5.41, 5.74) is 3.39. The summed E-state index contributed by atoms with van der Waals surface area (Å²) in [5, 5.41) is 6.27. The van der Waals surface area contributed by atoms with E-state index in [0.717, 1.165) is 22.2 Å². The van der Waals surface area contributed by atoms with Gasteiger partial charge in [0.15, 0.2) is 0 Å². The van der Waals surface area contributed by atoms with Gasteiger partial charge < -0.3 is 10.6 Å². The minimum atomic E-state index is -0.164. The van der Waals surface area contributed by atoms with E-state index in [1.165, 1.54) is 11.1 Å². The molecule has 0 unspecified atom stereocenters. The molecule has 0 bridgehead atoms. The van der Waals surface area contributed by atoms with Gasteiger partial charge in [0.05, 0.1) is 6.04 Å². The molecule has 2 aromatic rings. The number of carbonyl (C=O) groups is 1. The third-order valence-corrected chi connectivity index (χ3v) is 4.16. The van der Waals surface area contributed by atoms with Crippen molar-refractivity contribution in [2.75, 3.05) is 5.32 Å². The number of benzene rings is 2. The SMILES string of the molecule is O=C(Nc1cccc(I)c1)[C@H]1Cc2ccccc2CN1. The van der Waals surface area contributed by atoms with E-state index in [-0.39, 0.29) is 11.9 Å². The van der Waals surface area contributed by atoms with E-state index in [4.69, 9.17) is 0 Å². The van der Waals surface area contributed by atoms with Gasteiger partial charge in [-0.15, -0.1) is 0 Å². The number of amides is 1. The molecule has 1 aliphatic rings. The van der Waals surface area contributed by atoms with Crippen LogP contribution in [-0.2, 0) is 17.8 Å². The zero-order valence-electron chi connectivity index (χ0n) is 10.9. The fourth-order valence-electron chi connectivity index (χ4n) is 2.44. The Kier molecular flexibility index (Phi) is 4.03. The smallest absolute Gasteiger partial charge is 0.241 e. The first-order valence-corrected chi connectivity index (χ1v) is 7.67. The number of halogens is 1. The number of carbonyl (C=O) groups excluding carboxylic acids is 1. The number of nitrogens with one attached hydrogen (secondary N) is 2. The third kappa shape index (κ3) is 3.02. The van der Waals surface area contributed by atoms with Crippen molar-refractivity contribution in [1.82, 2.24) is 5.32 Å². The maximum Gasteiger partial charge on any atom is 0.241 e. The third-order valence-electron chi connectivity index (χ3n) is 3.49. The fraction of sp³-hybridized carbons (Fsp3) is 0.188. The van der Waals surface area contributed by atoms with Crippen molar-refractivity contribution in [1.29, 1.82) is 0 Å². The molecule has 2 aromatic carbocycles. The maximum atomic E-state index is 12.3. The number of anilines is 1. The first-order chi connectivity index (χ1) is 9.72. The van der Waals surface area contributed by atoms with Crippen molar-refractivity contribution in [3.8, 4) is 0 Å². The summed E-state index contributed by atoms with van der Waals surface area (Å²) in [6.45, 7) is 0.751. The summed E-state index contributed by atoms with van der Waals surface area (Å²) >= 11 is 2.24. The average molecular weight is 378 g/mol. The van der Waals surface area contributed by atoms with Crippen molar-refractivity contribution in [2.24, 2.45) is 0 Å². The Morgan fingerprint density at radius 3 is 2.75 bits per heavy atom. The first-order valence-electron chi connectivity index (χ1n) is 6.59. The highest BCUT2D eigenvalue weighted by molar-refractivity contribution is 14.1.